The van der Waals surface area contributed by atoms with Crippen molar-refractivity contribution in [2.24, 2.45) is 5.92 Å². The van der Waals surface area contributed by atoms with E-state index in [9.17, 15) is 4.79 Å². The molecule has 3 rings (SSSR count). The van der Waals surface area contributed by atoms with Gasteiger partial charge in [-0.05, 0) is 36.5 Å². The van der Waals surface area contributed by atoms with Gasteiger partial charge in [-0.25, -0.2) is 0 Å². The highest BCUT2D eigenvalue weighted by atomic mass is 16.1. The van der Waals surface area contributed by atoms with Crippen LogP contribution in [0, 0.1) is 5.92 Å². The number of aromatic nitrogens is 1. The number of nitrogens with zero attached hydrogens (tertiary/aromatic N) is 1. The lowest BCUT2D eigenvalue weighted by molar-refractivity contribution is 0.102. The van der Waals surface area contributed by atoms with Crippen LogP contribution in [-0.4, -0.2) is 10.8 Å². The van der Waals surface area contributed by atoms with Crippen LogP contribution in [0.4, 0.5) is 0 Å². The van der Waals surface area contributed by atoms with E-state index in [1.165, 1.54) is 0 Å². The number of hydrogen-bond donors (Lipinski definition) is 0. The summed E-state index contributed by atoms with van der Waals surface area (Å²) in [6, 6.07) is 13.4. The van der Waals surface area contributed by atoms with Crippen LogP contribution in [0.3, 0.4) is 0 Å². The Hall–Kier alpha value is -2.22. The van der Waals surface area contributed by atoms with Crippen LogP contribution in [0.25, 0.3) is 11.3 Å². The Labute approximate surface area is 112 Å². The molecule has 0 saturated heterocycles. The highest BCUT2D eigenvalue weighted by Crippen LogP contribution is 2.37. The molecule has 1 fully saturated rings. The summed E-state index contributed by atoms with van der Waals surface area (Å²) in [7, 11) is 0. The Morgan fingerprint density at radius 3 is 2.42 bits per heavy atom. The molecule has 2 nitrogen and oxygen atoms in total. The summed E-state index contributed by atoms with van der Waals surface area (Å²) in [6.07, 6.45) is 3.98. The smallest absolute Gasteiger partial charge is 0.188 e. The predicted molar refractivity (Wildman–Crippen MR) is 75.9 cm³/mol. The zero-order valence-corrected chi connectivity index (χ0v) is 10.7. The topological polar surface area (TPSA) is 30.0 Å². The summed E-state index contributed by atoms with van der Waals surface area (Å²) in [4.78, 5) is 16.5. The highest BCUT2D eigenvalue weighted by molar-refractivity contribution is 6.09. The van der Waals surface area contributed by atoms with E-state index in [1.54, 1.807) is 6.20 Å². The van der Waals surface area contributed by atoms with Gasteiger partial charge >= 0.3 is 0 Å². The minimum Gasteiger partial charge on any atom is -0.289 e. The summed E-state index contributed by atoms with van der Waals surface area (Å²) < 4.78 is 0. The molecule has 94 valence electrons. The van der Waals surface area contributed by atoms with Crippen molar-refractivity contribution in [2.45, 2.75) is 12.8 Å². The molecule has 1 aliphatic carbocycles. The molecule has 0 N–H and O–H groups in total. The molecule has 1 heterocycles. The molecule has 0 amide bonds. The molecule has 0 unspecified atom stereocenters. The fourth-order valence-corrected chi connectivity index (χ4v) is 2.13. The van der Waals surface area contributed by atoms with Crippen LogP contribution >= 0.6 is 0 Å². The van der Waals surface area contributed by atoms with Gasteiger partial charge in [-0.15, -0.1) is 0 Å². The van der Waals surface area contributed by atoms with Gasteiger partial charge in [0, 0.05) is 17.3 Å². The van der Waals surface area contributed by atoms with Gasteiger partial charge in [0.15, 0.2) is 5.78 Å². The maximum Gasteiger partial charge on any atom is 0.188 e. The average Bonchev–Trinajstić information content (AvgIpc) is 3.31. The number of benzene rings is 1. The standard InChI is InChI=1S/C17H15NO/c1-12(13-5-6-13)17(19)15-9-7-14(8-10-15)16-4-2-3-11-18-16/h2-4,7-11,13H,1,5-6H2. The maximum atomic E-state index is 12.2. The van der Waals surface area contributed by atoms with Crippen molar-refractivity contribution in [3.63, 3.8) is 0 Å². The van der Waals surface area contributed by atoms with Gasteiger partial charge in [-0.2, -0.15) is 0 Å². The molecule has 0 bridgehead atoms. The van der Waals surface area contributed by atoms with Crippen molar-refractivity contribution in [3.05, 3.63) is 66.4 Å². The summed E-state index contributed by atoms with van der Waals surface area (Å²) in [5.41, 5.74) is 3.42. The lowest BCUT2D eigenvalue weighted by Gasteiger charge is -2.05. The second kappa shape index (κ2) is 4.81. The van der Waals surface area contributed by atoms with Crippen molar-refractivity contribution < 1.29 is 4.79 Å². The molecule has 0 spiro atoms. The minimum atomic E-state index is 0.0788. The highest BCUT2D eigenvalue weighted by Gasteiger charge is 2.29. The number of pyridine rings is 1. The number of Topliss-reactive ketones (excluding diaryl/α,β-unsaturated/α-hetero) is 1. The fraction of sp³-hybridized carbons (Fsp3) is 0.176. The lowest BCUT2D eigenvalue weighted by Crippen LogP contribution is -2.03. The normalized spacial score (nSPS) is 14.1. The van der Waals surface area contributed by atoms with E-state index < -0.39 is 0 Å². The average molecular weight is 249 g/mol. The summed E-state index contributed by atoms with van der Waals surface area (Å²) in [5.74, 6) is 0.498. The zero-order valence-electron chi connectivity index (χ0n) is 10.7. The molecule has 0 radical (unpaired) electrons. The van der Waals surface area contributed by atoms with Crippen molar-refractivity contribution in [1.82, 2.24) is 4.98 Å². The second-order valence-corrected chi connectivity index (χ2v) is 4.92. The number of carbonyl (C=O) groups excluding carboxylic acids is 1. The second-order valence-electron chi connectivity index (χ2n) is 4.92. The first-order valence-electron chi connectivity index (χ1n) is 6.50. The SMILES string of the molecule is C=C(C(=O)c1ccc(-c2ccccn2)cc1)C1CC1. The third kappa shape index (κ3) is 2.48. The monoisotopic (exact) mass is 249 g/mol. The Kier molecular flexibility index (Phi) is 3.00. The molecule has 1 aliphatic rings. The van der Waals surface area contributed by atoms with Gasteiger partial charge in [0.1, 0.15) is 0 Å². The number of allylic oxidation sites excluding steroid dienone is 1. The van der Waals surface area contributed by atoms with Crippen LogP contribution in [0.1, 0.15) is 23.2 Å². The van der Waals surface area contributed by atoms with Crippen LogP contribution in [0.5, 0.6) is 0 Å². The largest absolute Gasteiger partial charge is 0.289 e. The molecule has 0 aliphatic heterocycles. The number of ketones is 1. The number of rotatable bonds is 4. The third-order valence-corrected chi connectivity index (χ3v) is 3.47. The van der Waals surface area contributed by atoms with Gasteiger partial charge < -0.3 is 0 Å². The van der Waals surface area contributed by atoms with Gasteiger partial charge in [0.05, 0.1) is 5.69 Å². The van der Waals surface area contributed by atoms with Gasteiger partial charge in [-0.3, -0.25) is 9.78 Å². The summed E-state index contributed by atoms with van der Waals surface area (Å²) >= 11 is 0. The molecule has 2 aromatic rings. The molecular formula is C17H15NO. The van der Waals surface area contributed by atoms with Gasteiger partial charge in [0.2, 0.25) is 0 Å². The molecule has 2 heteroatoms. The Balaban J connectivity index is 1.83. The van der Waals surface area contributed by atoms with E-state index in [2.05, 4.69) is 11.6 Å². The Bertz CT molecular complexity index is 609. The first-order valence-corrected chi connectivity index (χ1v) is 6.50. The van der Waals surface area contributed by atoms with Gasteiger partial charge in [-0.1, -0.05) is 36.9 Å². The number of hydrogen-bond acceptors (Lipinski definition) is 2. The number of carbonyl (C=O) groups is 1. The minimum absolute atomic E-state index is 0.0788. The van der Waals surface area contributed by atoms with Crippen LogP contribution in [0.2, 0.25) is 0 Å². The van der Waals surface area contributed by atoms with E-state index in [0.717, 1.165) is 35.2 Å². The maximum absolute atomic E-state index is 12.2. The Morgan fingerprint density at radius 2 is 1.84 bits per heavy atom. The van der Waals surface area contributed by atoms with Crippen LogP contribution in [0.15, 0.2) is 60.8 Å². The van der Waals surface area contributed by atoms with Gasteiger partial charge in [0.25, 0.3) is 0 Å². The Morgan fingerprint density at radius 1 is 1.11 bits per heavy atom. The van der Waals surface area contributed by atoms with E-state index in [-0.39, 0.29) is 5.78 Å². The summed E-state index contributed by atoms with van der Waals surface area (Å²) in [6.45, 7) is 3.91. The molecule has 19 heavy (non-hydrogen) atoms. The van der Waals surface area contributed by atoms with Crippen LogP contribution < -0.4 is 0 Å². The van der Waals surface area contributed by atoms with E-state index in [1.807, 2.05) is 42.5 Å². The zero-order chi connectivity index (χ0) is 13.2. The summed E-state index contributed by atoms with van der Waals surface area (Å²) in [5, 5.41) is 0. The lowest BCUT2D eigenvalue weighted by atomic mass is 9.99. The quantitative estimate of drug-likeness (QED) is 0.607. The first kappa shape index (κ1) is 11.8. The molecule has 1 aromatic carbocycles. The van der Waals surface area contributed by atoms with E-state index in [4.69, 9.17) is 0 Å². The van der Waals surface area contributed by atoms with Crippen molar-refractivity contribution >= 4 is 5.78 Å². The van der Waals surface area contributed by atoms with Crippen molar-refractivity contribution in [2.75, 3.05) is 0 Å². The first-order chi connectivity index (χ1) is 9.25. The third-order valence-electron chi connectivity index (χ3n) is 3.47. The molecular weight excluding hydrogens is 234 g/mol. The van der Waals surface area contributed by atoms with Crippen molar-refractivity contribution in [1.29, 1.82) is 0 Å². The molecule has 0 atom stereocenters. The van der Waals surface area contributed by atoms with Crippen LogP contribution in [-0.2, 0) is 0 Å². The predicted octanol–water partition coefficient (Wildman–Crippen LogP) is 3.90. The van der Waals surface area contributed by atoms with E-state index >= 15 is 0 Å². The molecule has 1 saturated carbocycles. The molecule has 1 aromatic heterocycles. The van der Waals surface area contributed by atoms with E-state index in [0.29, 0.717) is 5.92 Å². The fourth-order valence-electron chi connectivity index (χ4n) is 2.13. The van der Waals surface area contributed by atoms with Crippen molar-refractivity contribution in [3.8, 4) is 11.3 Å².